The number of benzene rings is 1. The summed E-state index contributed by atoms with van der Waals surface area (Å²) in [5.74, 6) is 0.569. The Balaban J connectivity index is 2.03. The van der Waals surface area contributed by atoms with Crippen LogP contribution in [0, 0.1) is 5.92 Å². The van der Waals surface area contributed by atoms with Crippen molar-refractivity contribution >= 4 is 0 Å². The van der Waals surface area contributed by atoms with Crippen molar-refractivity contribution in [3.63, 3.8) is 0 Å². The van der Waals surface area contributed by atoms with E-state index in [4.69, 9.17) is 5.73 Å². The molecule has 0 radical (unpaired) electrons. The number of halogens is 2. The first-order valence-electron chi connectivity index (χ1n) is 7.96. The van der Waals surface area contributed by atoms with Crippen molar-refractivity contribution in [2.45, 2.75) is 51.6 Å². The molecule has 1 fully saturated rings. The van der Waals surface area contributed by atoms with Crippen molar-refractivity contribution in [1.82, 2.24) is 4.90 Å². The molecule has 0 spiro atoms. The summed E-state index contributed by atoms with van der Waals surface area (Å²) in [6.45, 7) is 4.69. The Bertz CT molecular complexity index is 419. The van der Waals surface area contributed by atoms with Crippen molar-refractivity contribution in [2.24, 2.45) is 11.7 Å². The lowest BCUT2D eigenvalue weighted by Crippen LogP contribution is -2.44. The Morgan fingerprint density at radius 3 is 2.43 bits per heavy atom. The Hall–Kier alpha value is -1.00. The van der Waals surface area contributed by atoms with E-state index in [9.17, 15) is 8.78 Å². The summed E-state index contributed by atoms with van der Waals surface area (Å²) >= 11 is 0. The van der Waals surface area contributed by atoms with Crippen LogP contribution in [0.4, 0.5) is 8.78 Å². The monoisotopic (exact) mass is 296 g/mol. The molecule has 2 atom stereocenters. The quantitative estimate of drug-likeness (QED) is 0.861. The largest absolute Gasteiger partial charge is 0.330 e. The summed E-state index contributed by atoms with van der Waals surface area (Å²) in [6.07, 6.45) is 2.56. The van der Waals surface area contributed by atoms with Crippen LogP contribution in [0.25, 0.3) is 0 Å². The molecular formula is C17H26F2N2. The topological polar surface area (TPSA) is 29.3 Å². The molecular weight excluding hydrogens is 270 g/mol. The van der Waals surface area contributed by atoms with Gasteiger partial charge in [-0.15, -0.1) is 0 Å². The normalized spacial score (nSPS) is 23.0. The second-order valence-electron chi connectivity index (χ2n) is 5.95. The maximum atomic E-state index is 12.6. The average molecular weight is 296 g/mol. The molecule has 1 saturated carbocycles. The number of hydrogen-bond donors (Lipinski definition) is 1. The van der Waals surface area contributed by atoms with Crippen LogP contribution in [0.15, 0.2) is 24.3 Å². The molecule has 1 aliphatic carbocycles. The first-order chi connectivity index (χ1) is 10.2. The van der Waals surface area contributed by atoms with Gasteiger partial charge in [0.05, 0.1) is 0 Å². The SMILES string of the molecule is CCN(Cc1ccc(C(F)F)cc1)C1CCCCC1CN. The molecule has 0 amide bonds. The van der Waals surface area contributed by atoms with Gasteiger partial charge in [0.15, 0.2) is 0 Å². The van der Waals surface area contributed by atoms with Crippen LogP contribution in [0.5, 0.6) is 0 Å². The molecule has 0 bridgehead atoms. The highest BCUT2D eigenvalue weighted by Gasteiger charge is 2.28. The molecule has 0 aromatic heterocycles. The molecule has 2 rings (SSSR count). The van der Waals surface area contributed by atoms with Crippen molar-refractivity contribution in [3.8, 4) is 0 Å². The molecule has 1 aromatic rings. The predicted molar refractivity (Wildman–Crippen MR) is 82.3 cm³/mol. The van der Waals surface area contributed by atoms with E-state index in [0.717, 1.165) is 25.2 Å². The molecule has 1 aliphatic rings. The molecule has 2 nitrogen and oxygen atoms in total. The first kappa shape index (κ1) is 16.4. The van der Waals surface area contributed by atoms with Gasteiger partial charge in [-0.2, -0.15) is 0 Å². The minimum atomic E-state index is -2.39. The highest BCUT2D eigenvalue weighted by atomic mass is 19.3. The standard InChI is InChI=1S/C17H26F2N2/c1-2-21(16-6-4-3-5-15(16)11-20)12-13-7-9-14(10-8-13)17(18)19/h7-10,15-17H,2-6,11-12,20H2,1H3. The summed E-state index contributed by atoms with van der Waals surface area (Å²) < 4.78 is 25.2. The molecule has 2 unspecified atom stereocenters. The zero-order chi connectivity index (χ0) is 15.2. The van der Waals surface area contributed by atoms with E-state index < -0.39 is 6.43 Å². The van der Waals surface area contributed by atoms with Crippen LogP contribution >= 0.6 is 0 Å². The van der Waals surface area contributed by atoms with Gasteiger partial charge >= 0.3 is 0 Å². The second-order valence-corrected chi connectivity index (χ2v) is 5.95. The summed E-state index contributed by atoms with van der Waals surface area (Å²) in [5, 5.41) is 0. The lowest BCUT2D eigenvalue weighted by Gasteiger charge is -2.39. The zero-order valence-corrected chi connectivity index (χ0v) is 12.8. The van der Waals surface area contributed by atoms with Crippen molar-refractivity contribution < 1.29 is 8.78 Å². The maximum absolute atomic E-state index is 12.6. The van der Waals surface area contributed by atoms with Gasteiger partial charge in [-0.25, -0.2) is 8.78 Å². The summed E-state index contributed by atoms with van der Waals surface area (Å²) in [5.41, 5.74) is 7.12. The Morgan fingerprint density at radius 2 is 1.86 bits per heavy atom. The van der Waals surface area contributed by atoms with Crippen molar-refractivity contribution in [3.05, 3.63) is 35.4 Å². The van der Waals surface area contributed by atoms with E-state index in [0.29, 0.717) is 12.0 Å². The first-order valence-corrected chi connectivity index (χ1v) is 7.96. The second kappa shape index (κ2) is 7.85. The average Bonchev–Trinajstić information content (AvgIpc) is 2.53. The van der Waals surface area contributed by atoms with Crippen LogP contribution in [0.2, 0.25) is 0 Å². The summed E-state index contributed by atoms with van der Waals surface area (Å²) in [6, 6.07) is 7.25. The number of nitrogens with zero attached hydrogens (tertiary/aromatic N) is 1. The fraction of sp³-hybridized carbons (Fsp3) is 0.647. The fourth-order valence-electron chi connectivity index (χ4n) is 3.41. The fourth-order valence-corrected chi connectivity index (χ4v) is 3.41. The molecule has 2 N–H and O–H groups in total. The molecule has 1 aromatic carbocycles. The zero-order valence-electron chi connectivity index (χ0n) is 12.8. The Labute approximate surface area is 126 Å². The van der Waals surface area contributed by atoms with E-state index >= 15 is 0 Å². The minimum absolute atomic E-state index is 0.0966. The molecule has 118 valence electrons. The lowest BCUT2D eigenvalue weighted by atomic mass is 9.83. The third-order valence-corrected chi connectivity index (χ3v) is 4.66. The van der Waals surface area contributed by atoms with Gasteiger partial charge in [-0.3, -0.25) is 4.90 Å². The summed E-state index contributed by atoms with van der Waals surface area (Å²) in [7, 11) is 0. The van der Waals surface area contributed by atoms with Gasteiger partial charge in [0.25, 0.3) is 6.43 Å². The number of nitrogens with two attached hydrogens (primary N) is 1. The number of alkyl halides is 2. The molecule has 0 saturated heterocycles. The maximum Gasteiger partial charge on any atom is 0.263 e. The highest BCUT2D eigenvalue weighted by Crippen LogP contribution is 2.29. The smallest absolute Gasteiger partial charge is 0.263 e. The van der Waals surface area contributed by atoms with E-state index in [1.165, 1.54) is 37.8 Å². The van der Waals surface area contributed by atoms with E-state index in [-0.39, 0.29) is 5.56 Å². The van der Waals surface area contributed by atoms with Crippen LogP contribution in [-0.2, 0) is 6.54 Å². The number of rotatable bonds is 6. The highest BCUT2D eigenvalue weighted by molar-refractivity contribution is 5.23. The van der Waals surface area contributed by atoms with Gasteiger partial charge in [-0.1, -0.05) is 44.0 Å². The van der Waals surface area contributed by atoms with E-state index in [2.05, 4.69) is 11.8 Å². The van der Waals surface area contributed by atoms with Gasteiger partial charge < -0.3 is 5.73 Å². The molecule has 0 aliphatic heterocycles. The van der Waals surface area contributed by atoms with Gasteiger partial charge in [0.2, 0.25) is 0 Å². The van der Waals surface area contributed by atoms with Crippen molar-refractivity contribution in [2.75, 3.05) is 13.1 Å². The third kappa shape index (κ3) is 4.24. The van der Waals surface area contributed by atoms with Gasteiger partial charge in [-0.05, 0) is 37.4 Å². The molecule has 21 heavy (non-hydrogen) atoms. The van der Waals surface area contributed by atoms with Gasteiger partial charge in [0, 0.05) is 18.2 Å². The lowest BCUT2D eigenvalue weighted by molar-refractivity contribution is 0.105. The predicted octanol–water partition coefficient (Wildman–Crippen LogP) is 3.96. The van der Waals surface area contributed by atoms with Crippen LogP contribution in [-0.4, -0.2) is 24.0 Å². The summed E-state index contributed by atoms with van der Waals surface area (Å²) in [4.78, 5) is 2.45. The third-order valence-electron chi connectivity index (χ3n) is 4.66. The van der Waals surface area contributed by atoms with Crippen LogP contribution in [0.3, 0.4) is 0 Å². The molecule has 0 heterocycles. The van der Waals surface area contributed by atoms with E-state index in [1.54, 1.807) is 0 Å². The van der Waals surface area contributed by atoms with Crippen molar-refractivity contribution in [1.29, 1.82) is 0 Å². The van der Waals surface area contributed by atoms with Gasteiger partial charge in [0.1, 0.15) is 0 Å². The number of hydrogen-bond acceptors (Lipinski definition) is 2. The Kier molecular flexibility index (Phi) is 6.12. The molecule has 4 heteroatoms. The van der Waals surface area contributed by atoms with Crippen LogP contribution in [0.1, 0.15) is 50.2 Å². The minimum Gasteiger partial charge on any atom is -0.330 e. The van der Waals surface area contributed by atoms with Crippen LogP contribution < -0.4 is 5.73 Å². The Morgan fingerprint density at radius 1 is 1.19 bits per heavy atom. The van der Waals surface area contributed by atoms with E-state index in [1.807, 2.05) is 12.1 Å².